The molecule has 2 N–H and O–H groups in total. The van der Waals surface area contributed by atoms with Gasteiger partial charge in [0.1, 0.15) is 5.01 Å². The zero-order valence-electron chi connectivity index (χ0n) is 15.1. The minimum Gasteiger partial charge on any atom is -0.343 e. The summed E-state index contributed by atoms with van der Waals surface area (Å²) in [7, 11) is 0. The van der Waals surface area contributed by atoms with Gasteiger partial charge in [-0.25, -0.2) is 9.78 Å². The molecule has 1 atom stereocenters. The van der Waals surface area contributed by atoms with Crippen molar-refractivity contribution in [2.45, 2.75) is 39.3 Å². The summed E-state index contributed by atoms with van der Waals surface area (Å²) in [6.45, 7) is 3.97. The molecular weight excluding hydrogens is 364 g/mol. The SMILES string of the molecule is CCn1c(=O)[nH]c2cc(C(=O)N[C@H](c3nc(C)cs3)C3CC3)ccc2c1=O. The Morgan fingerprint density at radius 2 is 2.19 bits per heavy atom. The summed E-state index contributed by atoms with van der Waals surface area (Å²) in [6, 6.07) is 4.67. The van der Waals surface area contributed by atoms with Crippen molar-refractivity contribution in [1.82, 2.24) is 19.9 Å². The van der Waals surface area contributed by atoms with E-state index in [9.17, 15) is 14.4 Å². The summed E-state index contributed by atoms with van der Waals surface area (Å²) < 4.78 is 1.13. The molecule has 0 saturated heterocycles. The lowest BCUT2D eigenvalue weighted by Crippen LogP contribution is -2.34. The second kappa shape index (κ2) is 6.77. The van der Waals surface area contributed by atoms with E-state index in [2.05, 4.69) is 15.3 Å². The summed E-state index contributed by atoms with van der Waals surface area (Å²) >= 11 is 1.56. The number of carbonyl (C=O) groups is 1. The van der Waals surface area contributed by atoms with E-state index in [0.29, 0.717) is 28.9 Å². The Morgan fingerprint density at radius 1 is 1.41 bits per heavy atom. The lowest BCUT2D eigenvalue weighted by Gasteiger charge is -2.16. The smallest absolute Gasteiger partial charge is 0.328 e. The van der Waals surface area contributed by atoms with Crippen molar-refractivity contribution in [3.8, 4) is 0 Å². The Bertz CT molecular complexity index is 1140. The first-order chi connectivity index (χ1) is 13.0. The molecule has 3 aromatic rings. The second-order valence-corrected chi connectivity index (χ2v) is 7.75. The van der Waals surface area contributed by atoms with Crippen molar-refractivity contribution in [3.63, 3.8) is 0 Å². The third kappa shape index (κ3) is 3.32. The molecule has 8 heteroatoms. The molecule has 0 aliphatic heterocycles. The van der Waals surface area contributed by atoms with Gasteiger partial charge in [0.25, 0.3) is 11.5 Å². The number of H-pyrrole nitrogens is 1. The third-order valence-corrected chi connectivity index (χ3v) is 5.89. The number of nitrogens with zero attached hydrogens (tertiary/aromatic N) is 2. The van der Waals surface area contributed by atoms with E-state index in [1.54, 1.807) is 36.5 Å². The van der Waals surface area contributed by atoms with Crippen molar-refractivity contribution < 1.29 is 4.79 Å². The number of carbonyl (C=O) groups excluding carboxylic acids is 1. The van der Waals surface area contributed by atoms with Gasteiger partial charge in [-0.1, -0.05) is 0 Å². The molecular formula is C19H20N4O3S. The Balaban J connectivity index is 1.66. The van der Waals surface area contributed by atoms with Gasteiger partial charge in [-0.15, -0.1) is 11.3 Å². The number of fused-ring (bicyclic) bond motifs is 1. The monoisotopic (exact) mass is 384 g/mol. The number of rotatable bonds is 5. The average molecular weight is 384 g/mol. The topological polar surface area (TPSA) is 96.8 Å². The number of hydrogen-bond donors (Lipinski definition) is 2. The molecule has 2 heterocycles. The highest BCUT2D eigenvalue weighted by molar-refractivity contribution is 7.09. The molecule has 4 rings (SSSR count). The van der Waals surface area contributed by atoms with Crippen LogP contribution >= 0.6 is 11.3 Å². The third-order valence-electron chi connectivity index (χ3n) is 4.84. The van der Waals surface area contributed by atoms with E-state index in [1.165, 1.54) is 0 Å². The number of aromatic nitrogens is 3. The van der Waals surface area contributed by atoms with Crippen LogP contribution in [0.15, 0.2) is 33.2 Å². The van der Waals surface area contributed by atoms with Gasteiger partial charge in [0.15, 0.2) is 0 Å². The van der Waals surface area contributed by atoms with E-state index >= 15 is 0 Å². The first kappa shape index (κ1) is 17.7. The highest BCUT2D eigenvalue weighted by Gasteiger charge is 2.35. The van der Waals surface area contributed by atoms with E-state index in [4.69, 9.17) is 0 Å². The number of benzene rings is 1. The largest absolute Gasteiger partial charge is 0.343 e. The first-order valence-corrected chi connectivity index (χ1v) is 9.85. The maximum atomic E-state index is 12.8. The van der Waals surface area contributed by atoms with Crippen LogP contribution in [0, 0.1) is 12.8 Å². The van der Waals surface area contributed by atoms with Crippen LogP contribution in [0.4, 0.5) is 0 Å². The molecule has 1 fully saturated rings. The fourth-order valence-corrected chi connectivity index (χ4v) is 4.17. The molecule has 0 unspecified atom stereocenters. The molecule has 0 spiro atoms. The van der Waals surface area contributed by atoms with E-state index < -0.39 is 5.69 Å². The van der Waals surface area contributed by atoms with Gasteiger partial charge in [0.2, 0.25) is 0 Å². The van der Waals surface area contributed by atoms with E-state index in [0.717, 1.165) is 28.1 Å². The van der Waals surface area contributed by atoms with Crippen LogP contribution in [0.25, 0.3) is 10.9 Å². The van der Waals surface area contributed by atoms with Gasteiger partial charge < -0.3 is 10.3 Å². The Hall–Kier alpha value is -2.74. The molecule has 1 aromatic carbocycles. The molecule has 1 saturated carbocycles. The second-order valence-electron chi connectivity index (χ2n) is 6.86. The molecule has 140 valence electrons. The number of nitrogens with one attached hydrogen (secondary N) is 2. The number of thiazole rings is 1. The normalized spacial score (nSPS) is 15.0. The van der Waals surface area contributed by atoms with Crippen molar-refractivity contribution in [2.24, 2.45) is 5.92 Å². The van der Waals surface area contributed by atoms with Crippen molar-refractivity contribution in [2.75, 3.05) is 0 Å². The van der Waals surface area contributed by atoms with Crippen molar-refractivity contribution in [1.29, 1.82) is 0 Å². The fraction of sp³-hybridized carbons (Fsp3) is 0.368. The molecule has 7 nitrogen and oxygen atoms in total. The quantitative estimate of drug-likeness (QED) is 0.706. The number of aromatic amines is 1. The lowest BCUT2D eigenvalue weighted by atomic mass is 10.1. The van der Waals surface area contributed by atoms with Crippen molar-refractivity contribution >= 4 is 28.1 Å². The van der Waals surface area contributed by atoms with E-state index in [1.807, 2.05) is 12.3 Å². The molecule has 1 aliphatic rings. The summed E-state index contributed by atoms with van der Waals surface area (Å²) in [5.41, 5.74) is 0.908. The minimum atomic E-state index is -0.471. The van der Waals surface area contributed by atoms with Crippen LogP contribution < -0.4 is 16.6 Å². The standard InChI is InChI=1S/C19H20N4O3S/c1-3-23-18(25)13-7-6-12(8-14(13)21-19(23)26)16(24)22-15(11-4-5-11)17-20-10(2)9-27-17/h6-9,11,15H,3-5H2,1-2H3,(H,21,26)(H,22,24)/t15-/m0/s1. The number of aryl methyl sites for hydroxylation is 1. The van der Waals surface area contributed by atoms with Crippen LogP contribution in [-0.4, -0.2) is 20.4 Å². The Labute approximate surface area is 159 Å². The average Bonchev–Trinajstić information content (AvgIpc) is 3.40. The van der Waals surface area contributed by atoms with Crippen LogP contribution in [0.2, 0.25) is 0 Å². The summed E-state index contributed by atoms with van der Waals surface area (Å²) in [5.74, 6) is 0.179. The molecule has 1 amide bonds. The van der Waals surface area contributed by atoms with Gasteiger partial charge in [-0.05, 0) is 50.8 Å². The highest BCUT2D eigenvalue weighted by Crippen LogP contribution is 2.42. The van der Waals surface area contributed by atoms with Crippen LogP contribution in [0.1, 0.15) is 46.9 Å². The lowest BCUT2D eigenvalue weighted by molar-refractivity contribution is 0.0931. The summed E-state index contributed by atoms with van der Waals surface area (Å²) in [4.78, 5) is 44.4. The summed E-state index contributed by atoms with van der Waals surface area (Å²) in [5, 5.41) is 6.37. The summed E-state index contributed by atoms with van der Waals surface area (Å²) in [6.07, 6.45) is 2.15. The van der Waals surface area contributed by atoms with Crippen molar-refractivity contribution in [3.05, 3.63) is 60.7 Å². The molecule has 1 aliphatic carbocycles. The highest BCUT2D eigenvalue weighted by atomic mass is 32.1. The zero-order valence-corrected chi connectivity index (χ0v) is 15.9. The van der Waals surface area contributed by atoms with Crippen LogP contribution in [0.3, 0.4) is 0 Å². The predicted octanol–water partition coefficient (Wildman–Crippen LogP) is 2.36. The number of amides is 1. The molecule has 27 heavy (non-hydrogen) atoms. The maximum Gasteiger partial charge on any atom is 0.328 e. The Morgan fingerprint density at radius 3 is 2.81 bits per heavy atom. The number of hydrogen-bond acceptors (Lipinski definition) is 5. The van der Waals surface area contributed by atoms with Gasteiger partial charge in [-0.2, -0.15) is 0 Å². The van der Waals surface area contributed by atoms with Crippen LogP contribution in [-0.2, 0) is 6.54 Å². The first-order valence-electron chi connectivity index (χ1n) is 8.97. The Kier molecular flexibility index (Phi) is 4.43. The van der Waals surface area contributed by atoms with Gasteiger partial charge >= 0.3 is 5.69 Å². The fourth-order valence-electron chi connectivity index (χ4n) is 3.23. The van der Waals surface area contributed by atoms with Crippen LogP contribution in [0.5, 0.6) is 0 Å². The van der Waals surface area contributed by atoms with Gasteiger partial charge in [0, 0.05) is 23.2 Å². The maximum absolute atomic E-state index is 12.8. The zero-order chi connectivity index (χ0) is 19.1. The predicted molar refractivity (Wildman–Crippen MR) is 104 cm³/mol. The van der Waals surface area contributed by atoms with E-state index in [-0.39, 0.29) is 17.5 Å². The molecule has 0 radical (unpaired) electrons. The minimum absolute atomic E-state index is 0.0981. The molecule has 0 bridgehead atoms. The van der Waals surface area contributed by atoms with Gasteiger partial charge in [0.05, 0.1) is 16.9 Å². The van der Waals surface area contributed by atoms with Gasteiger partial charge in [-0.3, -0.25) is 14.2 Å². The molecule has 2 aromatic heterocycles.